The molecule has 1 saturated heterocycles. The fourth-order valence-electron chi connectivity index (χ4n) is 3.20. The Morgan fingerprint density at radius 3 is 2.47 bits per heavy atom. The lowest BCUT2D eigenvalue weighted by molar-refractivity contribution is -0.121. The number of anilines is 1. The Kier molecular flexibility index (Phi) is 6.47. The van der Waals surface area contributed by atoms with Crippen molar-refractivity contribution in [1.82, 2.24) is 14.2 Å². The summed E-state index contributed by atoms with van der Waals surface area (Å²) in [6.07, 6.45) is 2.47. The number of piperidine rings is 1. The Balaban J connectivity index is 1.64. The van der Waals surface area contributed by atoms with E-state index < -0.39 is 21.8 Å². The number of pyridine rings is 1. The van der Waals surface area contributed by atoms with Gasteiger partial charge in [0.2, 0.25) is 15.9 Å². The third kappa shape index (κ3) is 4.82. The standard InChI is InChI=1S/C20H23FN4O4S/c1-24(2)30(28,29)17-9-10-18(22-12-17)23-19(26)15-4-3-11-25(13-15)20(27)14-5-7-16(21)8-6-14/h5-10,12,15H,3-4,11,13H2,1-2H3,(H,22,23,26)/t15-/m1/s1. The first-order valence-corrected chi connectivity index (χ1v) is 10.9. The van der Waals surface area contributed by atoms with E-state index in [-0.39, 0.29) is 29.1 Å². The van der Waals surface area contributed by atoms with Gasteiger partial charge in [0.15, 0.2) is 0 Å². The van der Waals surface area contributed by atoms with Crippen molar-refractivity contribution in [2.75, 3.05) is 32.5 Å². The summed E-state index contributed by atoms with van der Waals surface area (Å²) in [5.74, 6) is -1.14. The lowest BCUT2D eigenvalue weighted by atomic mass is 9.96. The lowest BCUT2D eigenvalue weighted by Crippen LogP contribution is -2.43. The zero-order chi connectivity index (χ0) is 21.9. The van der Waals surface area contributed by atoms with Gasteiger partial charge >= 0.3 is 0 Å². The van der Waals surface area contributed by atoms with Gasteiger partial charge in [-0.05, 0) is 49.2 Å². The Hall–Kier alpha value is -2.85. The molecule has 1 aliphatic heterocycles. The summed E-state index contributed by atoms with van der Waals surface area (Å²) >= 11 is 0. The van der Waals surface area contributed by atoms with Crippen LogP contribution in [0.15, 0.2) is 47.5 Å². The van der Waals surface area contributed by atoms with Gasteiger partial charge in [0, 0.05) is 38.9 Å². The summed E-state index contributed by atoms with van der Waals surface area (Å²) in [5.41, 5.74) is 0.372. The minimum absolute atomic E-state index is 0.0271. The summed E-state index contributed by atoms with van der Waals surface area (Å²) in [4.78, 5) is 30.9. The van der Waals surface area contributed by atoms with Gasteiger partial charge in [0.25, 0.3) is 5.91 Å². The Morgan fingerprint density at radius 2 is 1.87 bits per heavy atom. The second-order valence-corrected chi connectivity index (χ2v) is 9.40. The van der Waals surface area contributed by atoms with E-state index in [1.807, 2.05) is 0 Å². The second-order valence-electron chi connectivity index (χ2n) is 7.25. The van der Waals surface area contributed by atoms with Crippen LogP contribution < -0.4 is 5.32 Å². The number of nitrogens with zero attached hydrogens (tertiary/aromatic N) is 3. The van der Waals surface area contributed by atoms with E-state index in [2.05, 4.69) is 10.3 Å². The molecule has 0 unspecified atom stereocenters. The molecule has 1 atom stereocenters. The number of carbonyl (C=O) groups is 2. The number of carbonyl (C=O) groups excluding carboxylic acids is 2. The highest BCUT2D eigenvalue weighted by molar-refractivity contribution is 7.89. The highest BCUT2D eigenvalue weighted by Crippen LogP contribution is 2.21. The van der Waals surface area contributed by atoms with Crippen LogP contribution in [0.3, 0.4) is 0 Å². The molecule has 10 heteroatoms. The molecule has 1 aromatic heterocycles. The van der Waals surface area contributed by atoms with Crippen molar-refractivity contribution in [3.63, 3.8) is 0 Å². The fraction of sp³-hybridized carbons (Fsp3) is 0.350. The van der Waals surface area contributed by atoms with E-state index in [1.165, 1.54) is 56.7 Å². The summed E-state index contributed by atoms with van der Waals surface area (Å²) in [5, 5.41) is 2.68. The van der Waals surface area contributed by atoms with Gasteiger partial charge in [0.1, 0.15) is 16.5 Å². The van der Waals surface area contributed by atoms with Crippen LogP contribution in [0.5, 0.6) is 0 Å². The van der Waals surface area contributed by atoms with Crippen LogP contribution in [0.2, 0.25) is 0 Å². The summed E-state index contributed by atoms with van der Waals surface area (Å²) in [6.45, 7) is 0.768. The molecule has 0 spiro atoms. The molecule has 1 aromatic carbocycles. The number of nitrogens with one attached hydrogen (secondary N) is 1. The summed E-state index contributed by atoms with van der Waals surface area (Å²) < 4.78 is 38.3. The third-order valence-corrected chi connectivity index (χ3v) is 6.74. The normalized spacial score (nSPS) is 17.1. The predicted molar refractivity (Wildman–Crippen MR) is 109 cm³/mol. The Labute approximate surface area is 174 Å². The maximum absolute atomic E-state index is 13.1. The molecule has 0 radical (unpaired) electrons. The smallest absolute Gasteiger partial charge is 0.253 e. The van der Waals surface area contributed by atoms with Crippen molar-refractivity contribution in [3.05, 3.63) is 54.0 Å². The summed E-state index contributed by atoms with van der Waals surface area (Å²) in [6, 6.07) is 8.12. The molecule has 0 saturated carbocycles. The minimum Gasteiger partial charge on any atom is -0.338 e. The molecular weight excluding hydrogens is 411 g/mol. The zero-order valence-electron chi connectivity index (χ0n) is 16.7. The molecule has 2 heterocycles. The van der Waals surface area contributed by atoms with Crippen molar-refractivity contribution in [3.8, 4) is 0 Å². The Morgan fingerprint density at radius 1 is 1.17 bits per heavy atom. The number of sulfonamides is 1. The van der Waals surface area contributed by atoms with Crippen molar-refractivity contribution < 1.29 is 22.4 Å². The van der Waals surface area contributed by atoms with Crippen LogP contribution >= 0.6 is 0 Å². The van der Waals surface area contributed by atoms with Gasteiger partial charge in [-0.1, -0.05) is 0 Å². The molecule has 160 valence electrons. The molecule has 8 nitrogen and oxygen atoms in total. The zero-order valence-corrected chi connectivity index (χ0v) is 17.5. The summed E-state index contributed by atoms with van der Waals surface area (Å²) in [7, 11) is -0.751. The maximum atomic E-state index is 13.1. The van der Waals surface area contributed by atoms with Crippen LogP contribution in [0, 0.1) is 11.7 Å². The second kappa shape index (κ2) is 8.88. The number of aromatic nitrogens is 1. The van der Waals surface area contributed by atoms with E-state index in [4.69, 9.17) is 0 Å². The molecule has 0 aliphatic carbocycles. The number of benzene rings is 1. The van der Waals surface area contributed by atoms with Crippen LogP contribution in [-0.4, -0.2) is 61.6 Å². The molecule has 1 fully saturated rings. The van der Waals surface area contributed by atoms with Gasteiger partial charge in [-0.15, -0.1) is 0 Å². The first-order chi connectivity index (χ1) is 14.2. The van der Waals surface area contributed by atoms with Crippen molar-refractivity contribution in [2.24, 2.45) is 5.92 Å². The highest BCUT2D eigenvalue weighted by Gasteiger charge is 2.29. The van der Waals surface area contributed by atoms with Crippen LogP contribution in [0.4, 0.5) is 10.2 Å². The maximum Gasteiger partial charge on any atom is 0.253 e. The minimum atomic E-state index is -3.60. The van der Waals surface area contributed by atoms with Gasteiger partial charge in [0.05, 0.1) is 5.92 Å². The number of likely N-dealkylation sites (tertiary alicyclic amines) is 1. The van der Waals surface area contributed by atoms with Crippen molar-refractivity contribution in [2.45, 2.75) is 17.7 Å². The fourth-order valence-corrected chi connectivity index (χ4v) is 4.04. The van der Waals surface area contributed by atoms with Gasteiger partial charge in [-0.25, -0.2) is 22.1 Å². The van der Waals surface area contributed by atoms with Crippen LogP contribution in [0.1, 0.15) is 23.2 Å². The number of amides is 2. The van der Waals surface area contributed by atoms with Gasteiger partial charge in [-0.2, -0.15) is 0 Å². The number of rotatable bonds is 5. The van der Waals surface area contributed by atoms with Crippen molar-refractivity contribution >= 4 is 27.7 Å². The first kappa shape index (κ1) is 21.8. The number of hydrogen-bond donors (Lipinski definition) is 1. The largest absolute Gasteiger partial charge is 0.338 e. The van der Waals surface area contributed by atoms with E-state index in [0.717, 1.165) is 4.31 Å². The van der Waals surface area contributed by atoms with E-state index in [1.54, 1.807) is 4.90 Å². The van der Waals surface area contributed by atoms with E-state index in [0.29, 0.717) is 24.9 Å². The average molecular weight is 434 g/mol. The molecule has 2 aromatic rings. The molecule has 1 aliphatic rings. The average Bonchev–Trinajstić information content (AvgIpc) is 2.74. The molecule has 3 rings (SSSR count). The van der Waals surface area contributed by atoms with Crippen LogP contribution in [0.25, 0.3) is 0 Å². The molecular formula is C20H23FN4O4S. The molecule has 0 bridgehead atoms. The van der Waals surface area contributed by atoms with Gasteiger partial charge < -0.3 is 10.2 Å². The number of halogens is 1. The number of hydrogen-bond acceptors (Lipinski definition) is 5. The third-order valence-electron chi connectivity index (χ3n) is 4.94. The molecule has 2 amide bonds. The monoisotopic (exact) mass is 434 g/mol. The van der Waals surface area contributed by atoms with E-state index >= 15 is 0 Å². The lowest BCUT2D eigenvalue weighted by Gasteiger charge is -2.32. The topological polar surface area (TPSA) is 99.7 Å². The quantitative estimate of drug-likeness (QED) is 0.776. The SMILES string of the molecule is CN(C)S(=O)(=O)c1ccc(NC(=O)[C@@H]2CCCN(C(=O)c3ccc(F)cc3)C2)nc1. The molecule has 30 heavy (non-hydrogen) atoms. The highest BCUT2D eigenvalue weighted by atomic mass is 32.2. The van der Waals surface area contributed by atoms with E-state index in [9.17, 15) is 22.4 Å². The predicted octanol–water partition coefficient (Wildman–Crippen LogP) is 1.96. The van der Waals surface area contributed by atoms with Gasteiger partial charge in [-0.3, -0.25) is 9.59 Å². The first-order valence-electron chi connectivity index (χ1n) is 9.43. The Bertz CT molecular complexity index is 1020. The van der Waals surface area contributed by atoms with Crippen molar-refractivity contribution in [1.29, 1.82) is 0 Å². The molecule has 1 N–H and O–H groups in total. The van der Waals surface area contributed by atoms with Crippen LogP contribution in [-0.2, 0) is 14.8 Å².